The number of nitrogens with zero attached hydrogens (tertiary/aromatic N) is 2. The maximum Gasteiger partial charge on any atom is 0.337 e. The van der Waals surface area contributed by atoms with Gasteiger partial charge in [-0.2, -0.15) is 0 Å². The van der Waals surface area contributed by atoms with Gasteiger partial charge in [-0.25, -0.2) is 4.79 Å². The van der Waals surface area contributed by atoms with Crippen molar-refractivity contribution in [1.82, 2.24) is 9.47 Å². The number of carbonyl (C=O) groups excluding carboxylic acids is 3. The number of ether oxygens (including phenoxy) is 2. The summed E-state index contributed by atoms with van der Waals surface area (Å²) in [7, 11) is 1.35. The molecule has 0 aliphatic carbocycles. The van der Waals surface area contributed by atoms with Gasteiger partial charge in [-0.3, -0.25) is 14.5 Å². The highest BCUT2D eigenvalue weighted by Gasteiger charge is 2.35. The van der Waals surface area contributed by atoms with Crippen molar-refractivity contribution in [2.24, 2.45) is 0 Å². The van der Waals surface area contributed by atoms with E-state index < -0.39 is 5.97 Å². The third-order valence-electron chi connectivity index (χ3n) is 5.50. The van der Waals surface area contributed by atoms with E-state index in [-0.39, 0.29) is 24.3 Å². The third kappa shape index (κ3) is 4.77. The summed E-state index contributed by atoms with van der Waals surface area (Å²) in [6.07, 6.45) is 1.75. The van der Waals surface area contributed by atoms with Crippen LogP contribution in [0.3, 0.4) is 0 Å². The molecule has 0 saturated carbocycles. The minimum atomic E-state index is -0.391. The summed E-state index contributed by atoms with van der Waals surface area (Å²) in [6, 6.07) is 18.3. The number of methoxy groups -OCH3 is 1. The van der Waals surface area contributed by atoms with E-state index in [2.05, 4.69) is 0 Å². The van der Waals surface area contributed by atoms with Crippen molar-refractivity contribution in [2.45, 2.75) is 13.8 Å². The Hall–Kier alpha value is -3.78. The number of imide groups is 1. The van der Waals surface area contributed by atoms with Crippen molar-refractivity contribution < 1.29 is 23.9 Å². The molecule has 7 nitrogen and oxygen atoms in total. The predicted molar refractivity (Wildman–Crippen MR) is 131 cm³/mol. The fourth-order valence-corrected chi connectivity index (χ4v) is 4.66. The number of carbonyl (C=O) groups is 3. The number of para-hydroxylation sites is 1. The molecule has 3 aromatic rings. The normalized spacial score (nSPS) is 14.7. The lowest BCUT2D eigenvalue weighted by Gasteiger charge is -2.13. The number of hydrogen-bond donors (Lipinski definition) is 0. The number of hydrogen-bond acceptors (Lipinski definition) is 6. The van der Waals surface area contributed by atoms with E-state index in [1.807, 2.05) is 66.9 Å². The number of aryl methyl sites for hydroxylation is 1. The lowest BCUT2D eigenvalue weighted by Crippen LogP contribution is -2.32. The zero-order valence-corrected chi connectivity index (χ0v) is 19.9. The highest BCUT2D eigenvalue weighted by Crippen LogP contribution is 2.33. The molecular formula is C26H24N2O5S. The van der Waals surface area contributed by atoms with Crippen molar-refractivity contribution in [3.63, 3.8) is 0 Å². The molecule has 0 N–H and O–H groups in total. The van der Waals surface area contributed by atoms with E-state index in [9.17, 15) is 14.4 Å². The van der Waals surface area contributed by atoms with Crippen molar-refractivity contribution >= 4 is 35.0 Å². The maximum absolute atomic E-state index is 12.9. The van der Waals surface area contributed by atoms with Crippen LogP contribution < -0.4 is 4.74 Å². The topological polar surface area (TPSA) is 77.8 Å². The molecule has 2 aromatic carbocycles. The first-order valence-electron chi connectivity index (χ1n) is 10.7. The van der Waals surface area contributed by atoms with E-state index in [0.717, 1.165) is 34.4 Å². The van der Waals surface area contributed by atoms with Gasteiger partial charge in [0.2, 0.25) is 0 Å². The van der Waals surface area contributed by atoms with Crippen LogP contribution in [0.2, 0.25) is 0 Å². The summed E-state index contributed by atoms with van der Waals surface area (Å²) in [5.74, 6) is -0.0194. The number of rotatable bonds is 7. The van der Waals surface area contributed by atoms with E-state index in [1.165, 1.54) is 12.0 Å². The summed E-state index contributed by atoms with van der Waals surface area (Å²) in [5.41, 5.74) is 4.08. The Labute approximate surface area is 202 Å². The first-order chi connectivity index (χ1) is 16.4. The van der Waals surface area contributed by atoms with Gasteiger partial charge in [-0.05, 0) is 79.7 Å². The van der Waals surface area contributed by atoms with E-state index in [0.29, 0.717) is 16.2 Å². The first-order valence-corrected chi connectivity index (χ1v) is 11.5. The second-order valence-electron chi connectivity index (χ2n) is 7.70. The Morgan fingerprint density at radius 3 is 2.41 bits per heavy atom. The Morgan fingerprint density at radius 1 is 1.03 bits per heavy atom. The van der Waals surface area contributed by atoms with E-state index in [4.69, 9.17) is 9.47 Å². The van der Waals surface area contributed by atoms with Gasteiger partial charge in [-0.15, -0.1) is 0 Å². The van der Waals surface area contributed by atoms with Crippen LogP contribution in [0.1, 0.15) is 27.3 Å². The van der Waals surface area contributed by atoms with Crippen LogP contribution in [0.25, 0.3) is 11.8 Å². The van der Waals surface area contributed by atoms with Crippen LogP contribution in [0.15, 0.2) is 65.6 Å². The monoisotopic (exact) mass is 476 g/mol. The number of thioether (sulfide) groups is 1. The minimum Gasteiger partial charge on any atom is -0.492 e. The number of esters is 1. The minimum absolute atomic E-state index is 0.183. The Kier molecular flexibility index (Phi) is 6.88. The van der Waals surface area contributed by atoms with E-state index in [1.54, 1.807) is 18.2 Å². The molecule has 2 amide bonds. The summed E-state index contributed by atoms with van der Waals surface area (Å²) >= 11 is 0.933. The maximum atomic E-state index is 12.9. The van der Waals surface area contributed by atoms with Gasteiger partial charge in [0, 0.05) is 17.1 Å². The van der Waals surface area contributed by atoms with Crippen LogP contribution in [0.5, 0.6) is 5.75 Å². The van der Waals surface area contributed by atoms with Crippen LogP contribution in [0, 0.1) is 13.8 Å². The fourth-order valence-electron chi connectivity index (χ4n) is 3.80. The molecule has 1 aliphatic heterocycles. The molecule has 8 heteroatoms. The van der Waals surface area contributed by atoms with Crippen LogP contribution in [-0.2, 0) is 9.53 Å². The van der Waals surface area contributed by atoms with Gasteiger partial charge >= 0.3 is 5.97 Å². The molecule has 1 aliphatic rings. The lowest BCUT2D eigenvalue weighted by molar-refractivity contribution is -0.123. The molecule has 0 spiro atoms. The number of aromatic nitrogens is 1. The van der Waals surface area contributed by atoms with Crippen molar-refractivity contribution in [2.75, 3.05) is 20.3 Å². The molecule has 174 valence electrons. The van der Waals surface area contributed by atoms with Gasteiger partial charge in [-0.1, -0.05) is 18.2 Å². The van der Waals surface area contributed by atoms with Gasteiger partial charge in [0.1, 0.15) is 12.4 Å². The van der Waals surface area contributed by atoms with Crippen LogP contribution >= 0.6 is 11.8 Å². The molecule has 1 aromatic heterocycles. The average Bonchev–Trinajstić information content (AvgIpc) is 3.28. The molecule has 2 heterocycles. The van der Waals surface area contributed by atoms with Crippen molar-refractivity contribution in [1.29, 1.82) is 0 Å². The Morgan fingerprint density at radius 2 is 1.74 bits per heavy atom. The summed E-state index contributed by atoms with van der Waals surface area (Å²) < 4.78 is 12.4. The largest absolute Gasteiger partial charge is 0.492 e. The molecule has 1 fully saturated rings. The van der Waals surface area contributed by atoms with Crippen LogP contribution in [0.4, 0.5) is 4.79 Å². The average molecular weight is 477 g/mol. The number of amides is 2. The highest BCUT2D eigenvalue weighted by molar-refractivity contribution is 8.18. The van der Waals surface area contributed by atoms with Crippen molar-refractivity contribution in [3.8, 4) is 11.4 Å². The third-order valence-corrected chi connectivity index (χ3v) is 6.41. The molecule has 0 unspecified atom stereocenters. The fraction of sp³-hybridized carbons (Fsp3) is 0.192. The lowest BCUT2D eigenvalue weighted by atomic mass is 10.2. The molecule has 1 saturated heterocycles. The second-order valence-corrected chi connectivity index (χ2v) is 8.69. The molecule has 0 radical (unpaired) electrons. The Balaban J connectivity index is 1.50. The summed E-state index contributed by atoms with van der Waals surface area (Å²) in [5, 5.41) is -0.305. The zero-order chi connectivity index (χ0) is 24.2. The highest BCUT2D eigenvalue weighted by atomic mass is 32.2. The summed E-state index contributed by atoms with van der Waals surface area (Å²) in [6.45, 7) is 4.32. The first kappa shape index (κ1) is 23.4. The second kappa shape index (κ2) is 10.0. The molecule has 0 bridgehead atoms. The number of benzene rings is 2. The molecular weight excluding hydrogens is 452 g/mol. The van der Waals surface area contributed by atoms with Crippen LogP contribution in [-0.4, -0.2) is 46.8 Å². The quantitative estimate of drug-likeness (QED) is 0.353. The SMILES string of the molecule is COC(=O)c1ccc(-n2c(C)cc(/C=C3\SC(=O)N(CCOc4ccccc4)C3=O)c2C)cc1. The standard InChI is InChI=1S/C26H24N2O5S/c1-17-15-20(18(2)28(17)21-11-9-19(10-12-21)25(30)32-3)16-23-24(29)27(26(31)34-23)13-14-33-22-7-5-4-6-8-22/h4-12,15-16H,13-14H2,1-3H3/b23-16-. The predicted octanol–water partition coefficient (Wildman–Crippen LogP) is 5.00. The molecule has 0 atom stereocenters. The zero-order valence-electron chi connectivity index (χ0n) is 19.1. The van der Waals surface area contributed by atoms with Gasteiger partial charge in [0.05, 0.1) is 24.1 Å². The van der Waals surface area contributed by atoms with E-state index >= 15 is 0 Å². The van der Waals surface area contributed by atoms with Gasteiger partial charge < -0.3 is 14.0 Å². The molecule has 4 rings (SSSR count). The summed E-state index contributed by atoms with van der Waals surface area (Å²) in [4.78, 5) is 38.6. The van der Waals surface area contributed by atoms with Crippen molar-refractivity contribution in [3.05, 3.63) is 88.1 Å². The Bertz CT molecular complexity index is 1260. The van der Waals surface area contributed by atoms with Gasteiger partial charge in [0.15, 0.2) is 0 Å². The smallest absolute Gasteiger partial charge is 0.337 e. The van der Waals surface area contributed by atoms with Gasteiger partial charge in [0.25, 0.3) is 11.1 Å². The molecule has 34 heavy (non-hydrogen) atoms.